The van der Waals surface area contributed by atoms with Gasteiger partial charge in [0.1, 0.15) is 5.60 Å². The van der Waals surface area contributed by atoms with Crippen molar-refractivity contribution in [3.63, 3.8) is 0 Å². The number of amides is 1. The lowest BCUT2D eigenvalue weighted by atomic mass is 9.96. The van der Waals surface area contributed by atoms with Crippen LogP contribution in [0.5, 0.6) is 0 Å². The Kier molecular flexibility index (Phi) is 10.3. The van der Waals surface area contributed by atoms with Crippen LogP contribution < -0.4 is 16.0 Å². The van der Waals surface area contributed by atoms with E-state index in [9.17, 15) is 18.3 Å². The van der Waals surface area contributed by atoms with Crippen molar-refractivity contribution in [1.82, 2.24) is 16.0 Å². The van der Waals surface area contributed by atoms with E-state index in [0.29, 0.717) is 25.5 Å². The number of halogens is 1. The molecule has 0 saturated carbocycles. The van der Waals surface area contributed by atoms with E-state index < -0.39 is 15.4 Å². The fourth-order valence-electron chi connectivity index (χ4n) is 2.97. The van der Waals surface area contributed by atoms with Crippen molar-refractivity contribution in [2.75, 3.05) is 31.1 Å². The number of aliphatic imine (C=N–C) groups is 1. The Labute approximate surface area is 189 Å². The molecule has 2 atom stereocenters. The number of carbonyl (C=O) groups is 1. The summed E-state index contributed by atoms with van der Waals surface area (Å²) in [5, 5.41) is 19.5. The summed E-state index contributed by atoms with van der Waals surface area (Å²) in [6.07, 6.45) is 0.677. The first-order valence-corrected chi connectivity index (χ1v) is 11.3. The van der Waals surface area contributed by atoms with Gasteiger partial charge >= 0.3 is 0 Å². The lowest BCUT2D eigenvalue weighted by Crippen LogP contribution is -2.42. The number of guanidine groups is 1. The van der Waals surface area contributed by atoms with Gasteiger partial charge in [-0.15, -0.1) is 24.0 Å². The van der Waals surface area contributed by atoms with Crippen LogP contribution in [0.25, 0.3) is 0 Å². The molecule has 1 aromatic rings. The van der Waals surface area contributed by atoms with Crippen LogP contribution in [0.4, 0.5) is 0 Å². The molecule has 1 saturated heterocycles. The fourth-order valence-corrected chi connectivity index (χ4v) is 4.64. The van der Waals surface area contributed by atoms with Gasteiger partial charge in [-0.3, -0.25) is 4.79 Å². The van der Waals surface area contributed by atoms with E-state index in [1.54, 1.807) is 6.92 Å². The molecule has 0 spiro atoms. The first-order chi connectivity index (χ1) is 13.2. The van der Waals surface area contributed by atoms with Crippen LogP contribution in [0.3, 0.4) is 0 Å². The van der Waals surface area contributed by atoms with Crippen LogP contribution in [0.1, 0.15) is 32.3 Å². The predicted molar refractivity (Wildman–Crippen MR) is 125 cm³/mol. The average Bonchev–Trinajstić information content (AvgIpc) is 2.98. The molecule has 10 heteroatoms. The number of nitrogens with zero attached hydrogens (tertiary/aromatic N) is 1. The Bertz CT molecular complexity index is 785. The van der Waals surface area contributed by atoms with E-state index in [2.05, 4.69) is 20.9 Å². The molecule has 1 aliphatic heterocycles. The molecule has 2 rings (SSSR count). The minimum Gasteiger partial charge on any atom is -0.384 e. The molecule has 4 N–H and O–H groups in total. The van der Waals surface area contributed by atoms with Gasteiger partial charge in [0, 0.05) is 25.6 Å². The molecule has 164 valence electrons. The van der Waals surface area contributed by atoms with E-state index >= 15 is 0 Å². The monoisotopic (exact) mass is 538 g/mol. The van der Waals surface area contributed by atoms with Crippen LogP contribution in [0, 0.1) is 0 Å². The van der Waals surface area contributed by atoms with Gasteiger partial charge < -0.3 is 21.1 Å². The summed E-state index contributed by atoms with van der Waals surface area (Å²) in [5.41, 5.74) is -0.324. The van der Waals surface area contributed by atoms with E-state index in [1.165, 1.54) is 0 Å². The zero-order valence-corrected chi connectivity index (χ0v) is 20.0. The van der Waals surface area contributed by atoms with Crippen molar-refractivity contribution in [1.29, 1.82) is 0 Å². The van der Waals surface area contributed by atoms with Crippen molar-refractivity contribution in [3.8, 4) is 0 Å². The van der Waals surface area contributed by atoms with Crippen LogP contribution in [0.15, 0.2) is 35.3 Å². The molecular formula is C19H31IN4O4S. The first kappa shape index (κ1) is 25.6. The summed E-state index contributed by atoms with van der Waals surface area (Å²) in [6.45, 7) is 4.80. The summed E-state index contributed by atoms with van der Waals surface area (Å²) in [4.78, 5) is 16.4. The quantitative estimate of drug-likeness (QED) is 0.221. The number of carbonyl (C=O) groups excluding carboxylic acids is 1. The zero-order chi connectivity index (χ0) is 20.6. The highest BCUT2D eigenvalue weighted by Gasteiger charge is 2.28. The van der Waals surface area contributed by atoms with Gasteiger partial charge in [0.25, 0.3) is 0 Å². The van der Waals surface area contributed by atoms with Crippen molar-refractivity contribution >= 4 is 45.7 Å². The zero-order valence-electron chi connectivity index (χ0n) is 16.8. The van der Waals surface area contributed by atoms with Gasteiger partial charge in [0.15, 0.2) is 15.8 Å². The minimum absolute atomic E-state index is 0. The summed E-state index contributed by atoms with van der Waals surface area (Å²) in [6, 6.07) is 9.03. The average molecular weight is 538 g/mol. The van der Waals surface area contributed by atoms with Gasteiger partial charge in [0.2, 0.25) is 5.91 Å². The second-order valence-electron chi connectivity index (χ2n) is 7.18. The highest BCUT2D eigenvalue weighted by Crippen LogP contribution is 2.20. The number of sulfone groups is 1. The fraction of sp³-hybridized carbons (Fsp3) is 0.579. The number of aliphatic hydroxyl groups is 1. The van der Waals surface area contributed by atoms with Crippen LogP contribution in [-0.4, -0.2) is 62.6 Å². The Morgan fingerprint density at radius 2 is 1.97 bits per heavy atom. The van der Waals surface area contributed by atoms with Crippen LogP contribution >= 0.6 is 24.0 Å². The van der Waals surface area contributed by atoms with Crippen LogP contribution in [-0.2, 0) is 20.2 Å². The normalized spacial score (nSPS) is 20.2. The van der Waals surface area contributed by atoms with Gasteiger partial charge in [-0.05, 0) is 25.8 Å². The van der Waals surface area contributed by atoms with Crippen molar-refractivity contribution in [2.24, 2.45) is 4.99 Å². The summed E-state index contributed by atoms with van der Waals surface area (Å²) in [5.74, 6) is 0.469. The molecular weight excluding hydrogens is 507 g/mol. The summed E-state index contributed by atoms with van der Waals surface area (Å²) in [7, 11) is -3.01. The molecule has 1 aromatic carbocycles. The maximum atomic E-state index is 12.0. The second-order valence-corrected chi connectivity index (χ2v) is 9.41. The standard InChI is InChI=1S/C19H30N4O4S.HI/c1-3-20-18(22-14-19(2,25)15-7-5-4-6-8-15)21-11-9-17(24)23-16-10-12-28(26,27)13-16;/h4-8,16,25H,3,9-14H2,1-2H3,(H,23,24)(H2,20,21,22);1H. The number of benzene rings is 1. The predicted octanol–water partition coefficient (Wildman–Crippen LogP) is 0.761. The number of hydrogen-bond donors (Lipinski definition) is 4. The Morgan fingerprint density at radius 3 is 2.55 bits per heavy atom. The maximum absolute atomic E-state index is 12.0. The summed E-state index contributed by atoms with van der Waals surface area (Å²) < 4.78 is 22.9. The Balaban J connectivity index is 0.00000420. The highest BCUT2D eigenvalue weighted by molar-refractivity contribution is 14.0. The largest absolute Gasteiger partial charge is 0.384 e. The minimum atomic E-state index is -3.01. The molecule has 8 nitrogen and oxygen atoms in total. The molecule has 0 radical (unpaired) electrons. The van der Waals surface area contributed by atoms with E-state index in [4.69, 9.17) is 0 Å². The molecule has 0 bridgehead atoms. The van der Waals surface area contributed by atoms with Crippen molar-refractivity contribution < 1.29 is 18.3 Å². The highest BCUT2D eigenvalue weighted by atomic mass is 127. The topological polar surface area (TPSA) is 120 Å². The summed E-state index contributed by atoms with van der Waals surface area (Å²) >= 11 is 0. The SMILES string of the molecule is CCNC(=NCC(C)(O)c1ccccc1)NCCC(=O)NC1CCS(=O)(=O)C1.I. The van der Waals surface area contributed by atoms with Gasteiger partial charge in [-0.1, -0.05) is 30.3 Å². The molecule has 1 fully saturated rings. The maximum Gasteiger partial charge on any atom is 0.222 e. The number of nitrogens with one attached hydrogen (secondary N) is 3. The Hall–Kier alpha value is -1.40. The van der Waals surface area contributed by atoms with Gasteiger partial charge in [0.05, 0.1) is 18.1 Å². The Morgan fingerprint density at radius 1 is 1.28 bits per heavy atom. The molecule has 0 aliphatic carbocycles. The smallest absolute Gasteiger partial charge is 0.222 e. The third-order valence-electron chi connectivity index (χ3n) is 4.53. The molecule has 1 amide bonds. The number of rotatable bonds is 8. The second kappa shape index (κ2) is 11.7. The molecule has 2 unspecified atom stereocenters. The van der Waals surface area contributed by atoms with E-state index in [-0.39, 0.29) is 60.4 Å². The molecule has 29 heavy (non-hydrogen) atoms. The first-order valence-electron chi connectivity index (χ1n) is 9.52. The number of hydrogen-bond acceptors (Lipinski definition) is 5. The third kappa shape index (κ3) is 8.87. The molecule has 1 aliphatic rings. The van der Waals surface area contributed by atoms with E-state index in [0.717, 1.165) is 5.56 Å². The third-order valence-corrected chi connectivity index (χ3v) is 6.29. The molecule has 0 aromatic heterocycles. The van der Waals surface area contributed by atoms with Gasteiger partial charge in [-0.25, -0.2) is 13.4 Å². The van der Waals surface area contributed by atoms with Gasteiger partial charge in [-0.2, -0.15) is 0 Å². The molecule has 1 heterocycles. The lowest BCUT2D eigenvalue weighted by Gasteiger charge is -2.22. The van der Waals surface area contributed by atoms with Crippen molar-refractivity contribution in [2.45, 2.75) is 38.3 Å². The van der Waals surface area contributed by atoms with Crippen molar-refractivity contribution in [3.05, 3.63) is 35.9 Å². The van der Waals surface area contributed by atoms with E-state index in [1.807, 2.05) is 37.3 Å². The lowest BCUT2D eigenvalue weighted by molar-refractivity contribution is -0.121. The van der Waals surface area contributed by atoms with Crippen LogP contribution in [0.2, 0.25) is 0 Å².